The van der Waals surface area contributed by atoms with Gasteiger partial charge in [0.05, 0.1) is 16.2 Å². The first-order chi connectivity index (χ1) is 12.6. The van der Waals surface area contributed by atoms with Crippen molar-refractivity contribution >= 4 is 40.0 Å². The zero-order valence-corrected chi connectivity index (χ0v) is 16.4. The third-order valence-electron chi connectivity index (χ3n) is 4.50. The van der Waals surface area contributed by atoms with Crippen LogP contribution in [0.25, 0.3) is 10.9 Å². The van der Waals surface area contributed by atoms with Crippen LogP contribution in [0.1, 0.15) is 39.0 Å². The number of fused-ring (bicyclic) bond motifs is 1. The predicted molar refractivity (Wildman–Crippen MR) is 105 cm³/mol. The molecule has 0 radical (unpaired) electrons. The summed E-state index contributed by atoms with van der Waals surface area (Å²) < 4.78 is 7.07. The maximum absolute atomic E-state index is 13.0. The van der Waals surface area contributed by atoms with Crippen molar-refractivity contribution in [1.82, 2.24) is 9.55 Å². The largest absolute Gasteiger partial charge is 0.382 e. The zero-order valence-electron chi connectivity index (χ0n) is 14.9. The van der Waals surface area contributed by atoms with E-state index in [9.17, 15) is 9.59 Å². The summed E-state index contributed by atoms with van der Waals surface area (Å²) in [7, 11) is 0. The maximum Gasteiger partial charge on any atom is 0.262 e. The lowest BCUT2D eigenvalue weighted by Gasteiger charge is -2.21. The number of carbonyl (C=O) groups is 1. The molecular formula is C19H23ClN2O3S. The van der Waals surface area contributed by atoms with E-state index in [1.807, 2.05) is 6.92 Å². The Morgan fingerprint density at radius 3 is 2.96 bits per heavy atom. The normalized spacial score (nSPS) is 17.8. The van der Waals surface area contributed by atoms with E-state index >= 15 is 0 Å². The van der Waals surface area contributed by atoms with Crippen molar-refractivity contribution in [2.75, 3.05) is 13.2 Å². The standard InChI is InChI=1S/C19H23ClN2O3S/c1-2-25-11-5-10-22-18(24)14-9-8-13(20)12-15(14)21-19(22)26-17-7-4-3-6-16(17)23/h8-9,12,17H,2-7,10-11H2,1H3. The highest BCUT2D eigenvalue weighted by Crippen LogP contribution is 2.31. The van der Waals surface area contributed by atoms with Gasteiger partial charge in [0.15, 0.2) is 5.16 Å². The number of ether oxygens (including phenoxy) is 1. The van der Waals surface area contributed by atoms with Crippen molar-refractivity contribution in [3.05, 3.63) is 33.6 Å². The summed E-state index contributed by atoms with van der Waals surface area (Å²) in [5, 5.41) is 1.57. The minimum atomic E-state index is -0.120. The second-order valence-electron chi connectivity index (χ2n) is 6.38. The Kier molecular flexibility index (Phi) is 6.73. The van der Waals surface area contributed by atoms with Gasteiger partial charge in [0.2, 0.25) is 0 Å². The van der Waals surface area contributed by atoms with Crippen LogP contribution in [-0.2, 0) is 16.1 Å². The number of hydrogen-bond donors (Lipinski definition) is 0. The molecule has 3 rings (SSSR count). The molecule has 7 heteroatoms. The first-order valence-electron chi connectivity index (χ1n) is 9.07. The Labute approximate surface area is 162 Å². The molecule has 1 heterocycles. The smallest absolute Gasteiger partial charge is 0.262 e. The monoisotopic (exact) mass is 394 g/mol. The van der Waals surface area contributed by atoms with Crippen molar-refractivity contribution < 1.29 is 9.53 Å². The van der Waals surface area contributed by atoms with Gasteiger partial charge >= 0.3 is 0 Å². The van der Waals surface area contributed by atoms with Crippen molar-refractivity contribution in [1.29, 1.82) is 0 Å². The van der Waals surface area contributed by atoms with E-state index in [4.69, 9.17) is 16.3 Å². The molecule has 0 bridgehead atoms. The van der Waals surface area contributed by atoms with Crippen LogP contribution in [0.3, 0.4) is 0 Å². The molecule has 140 valence electrons. The van der Waals surface area contributed by atoms with E-state index in [2.05, 4.69) is 4.98 Å². The quantitative estimate of drug-likeness (QED) is 0.523. The van der Waals surface area contributed by atoms with E-state index < -0.39 is 0 Å². The van der Waals surface area contributed by atoms with Gasteiger partial charge in [-0.2, -0.15) is 0 Å². The number of nitrogens with zero attached hydrogens (tertiary/aromatic N) is 2. The van der Waals surface area contributed by atoms with Crippen LogP contribution in [0.4, 0.5) is 0 Å². The summed E-state index contributed by atoms with van der Waals surface area (Å²) in [5.74, 6) is 0.252. The number of halogens is 1. The van der Waals surface area contributed by atoms with Gasteiger partial charge in [-0.25, -0.2) is 4.98 Å². The van der Waals surface area contributed by atoms with Gasteiger partial charge in [-0.15, -0.1) is 0 Å². The fourth-order valence-electron chi connectivity index (χ4n) is 3.13. The van der Waals surface area contributed by atoms with Gasteiger partial charge in [0.25, 0.3) is 5.56 Å². The average molecular weight is 395 g/mol. The van der Waals surface area contributed by atoms with Crippen LogP contribution in [0.2, 0.25) is 5.02 Å². The van der Waals surface area contributed by atoms with E-state index in [1.54, 1.807) is 22.8 Å². The molecule has 1 aromatic carbocycles. The van der Waals surface area contributed by atoms with E-state index in [0.29, 0.717) is 47.3 Å². The average Bonchev–Trinajstić information content (AvgIpc) is 2.62. The van der Waals surface area contributed by atoms with Crippen LogP contribution in [-0.4, -0.2) is 33.8 Å². The van der Waals surface area contributed by atoms with E-state index in [1.165, 1.54) is 11.8 Å². The summed E-state index contributed by atoms with van der Waals surface area (Å²) in [6.45, 7) is 3.71. The highest BCUT2D eigenvalue weighted by Gasteiger charge is 2.25. The lowest BCUT2D eigenvalue weighted by atomic mass is 9.99. The summed E-state index contributed by atoms with van der Waals surface area (Å²) >= 11 is 7.49. The summed E-state index contributed by atoms with van der Waals surface area (Å²) in [6.07, 6.45) is 4.17. The third kappa shape index (κ3) is 4.48. The molecule has 0 saturated heterocycles. The van der Waals surface area contributed by atoms with Gasteiger partial charge in [0, 0.05) is 31.2 Å². The topological polar surface area (TPSA) is 61.2 Å². The Balaban J connectivity index is 1.96. The molecule has 1 aliphatic rings. The summed E-state index contributed by atoms with van der Waals surface area (Å²) in [5.41, 5.74) is 0.489. The maximum atomic E-state index is 13.0. The second kappa shape index (κ2) is 9.02. The molecule has 2 aromatic rings. The molecule has 0 amide bonds. The number of thioether (sulfide) groups is 1. The number of ketones is 1. The highest BCUT2D eigenvalue weighted by molar-refractivity contribution is 8.00. The molecule has 1 atom stereocenters. The lowest BCUT2D eigenvalue weighted by Crippen LogP contribution is -2.27. The van der Waals surface area contributed by atoms with Crippen molar-refractivity contribution in [3.8, 4) is 0 Å². The van der Waals surface area contributed by atoms with Gasteiger partial charge < -0.3 is 4.74 Å². The SMILES string of the molecule is CCOCCCn1c(SC2CCCCC2=O)nc2cc(Cl)ccc2c1=O. The fourth-order valence-corrected chi connectivity index (χ4v) is 4.54. The van der Waals surface area contributed by atoms with Crippen molar-refractivity contribution in [3.63, 3.8) is 0 Å². The van der Waals surface area contributed by atoms with Gasteiger partial charge in [-0.05, 0) is 44.4 Å². The predicted octanol–water partition coefficient (Wildman–Crippen LogP) is 4.08. The van der Waals surface area contributed by atoms with Crippen LogP contribution in [0, 0.1) is 0 Å². The zero-order chi connectivity index (χ0) is 18.5. The Morgan fingerprint density at radius 2 is 2.19 bits per heavy atom. The van der Waals surface area contributed by atoms with Gasteiger partial charge in [-0.1, -0.05) is 29.8 Å². The van der Waals surface area contributed by atoms with Gasteiger partial charge in [0.1, 0.15) is 5.78 Å². The van der Waals surface area contributed by atoms with Crippen molar-refractivity contribution in [2.24, 2.45) is 0 Å². The van der Waals surface area contributed by atoms with E-state index in [-0.39, 0.29) is 16.6 Å². The number of hydrogen-bond acceptors (Lipinski definition) is 5. The molecular weight excluding hydrogens is 372 g/mol. The van der Waals surface area contributed by atoms with Crippen LogP contribution < -0.4 is 5.56 Å². The Morgan fingerprint density at radius 1 is 1.35 bits per heavy atom. The second-order valence-corrected chi connectivity index (χ2v) is 7.99. The number of rotatable bonds is 7. The fraction of sp³-hybridized carbons (Fsp3) is 0.526. The first kappa shape index (κ1) is 19.4. The first-order valence-corrected chi connectivity index (χ1v) is 10.3. The molecule has 0 aliphatic heterocycles. The Hall–Kier alpha value is -1.37. The molecule has 5 nitrogen and oxygen atoms in total. The molecule has 0 spiro atoms. The number of aromatic nitrogens is 2. The molecule has 1 unspecified atom stereocenters. The minimum Gasteiger partial charge on any atom is -0.382 e. The third-order valence-corrected chi connectivity index (χ3v) is 6.04. The highest BCUT2D eigenvalue weighted by atomic mass is 35.5. The molecule has 26 heavy (non-hydrogen) atoms. The Bertz CT molecular complexity index is 853. The van der Waals surface area contributed by atoms with Crippen LogP contribution in [0.15, 0.2) is 28.2 Å². The van der Waals surface area contributed by atoms with Crippen molar-refractivity contribution in [2.45, 2.75) is 56.0 Å². The lowest BCUT2D eigenvalue weighted by molar-refractivity contribution is -0.119. The summed E-state index contributed by atoms with van der Waals surface area (Å²) in [6, 6.07) is 5.12. The van der Waals surface area contributed by atoms with Crippen LogP contribution >= 0.6 is 23.4 Å². The summed E-state index contributed by atoms with van der Waals surface area (Å²) in [4.78, 5) is 29.9. The minimum absolute atomic E-state index is 0.0890. The molecule has 1 aliphatic carbocycles. The number of benzene rings is 1. The van der Waals surface area contributed by atoms with Gasteiger partial charge in [-0.3, -0.25) is 14.2 Å². The number of Topliss-reactive ketones (excluding diaryl/α,β-unsaturated/α-hetero) is 1. The molecule has 1 aromatic heterocycles. The molecule has 0 N–H and O–H groups in total. The van der Waals surface area contributed by atoms with Crippen LogP contribution in [0.5, 0.6) is 0 Å². The van der Waals surface area contributed by atoms with E-state index in [0.717, 1.165) is 25.7 Å². The molecule has 1 fully saturated rings. The molecule has 1 saturated carbocycles. The number of carbonyl (C=O) groups excluding carboxylic acids is 1.